The summed E-state index contributed by atoms with van der Waals surface area (Å²) in [7, 11) is 0. The molecule has 0 saturated heterocycles. The van der Waals surface area contributed by atoms with E-state index >= 15 is 0 Å². The first-order chi connectivity index (χ1) is 2.91. The van der Waals surface area contributed by atoms with Gasteiger partial charge in [-0.1, -0.05) is 26.2 Å². The van der Waals surface area contributed by atoms with Crippen molar-refractivity contribution in [2.75, 3.05) is 0 Å². The van der Waals surface area contributed by atoms with Gasteiger partial charge in [0, 0.05) is 25.8 Å². The molecular formula is C6H13Sc-. The van der Waals surface area contributed by atoms with Crippen LogP contribution in [0.25, 0.3) is 0 Å². The van der Waals surface area contributed by atoms with Gasteiger partial charge in [-0.25, -0.2) is 0 Å². The summed E-state index contributed by atoms with van der Waals surface area (Å²) in [5.74, 6) is 0. The Hall–Kier alpha value is 0.870. The Balaban J connectivity index is 0. The molecule has 0 nitrogen and oxygen atoms in total. The van der Waals surface area contributed by atoms with Crippen molar-refractivity contribution in [2.45, 2.75) is 32.6 Å². The third-order valence-corrected chi connectivity index (χ3v) is 0.854. The van der Waals surface area contributed by atoms with E-state index in [-0.39, 0.29) is 25.8 Å². The van der Waals surface area contributed by atoms with Crippen LogP contribution in [0, 0.1) is 6.92 Å². The molecule has 0 N–H and O–H groups in total. The second-order valence-electron chi connectivity index (χ2n) is 1.56. The Labute approximate surface area is 65.5 Å². The van der Waals surface area contributed by atoms with Crippen molar-refractivity contribution in [2.24, 2.45) is 0 Å². The molecule has 0 saturated carbocycles. The first kappa shape index (κ1) is 10.8. The molecule has 0 aromatic carbocycles. The first-order valence-corrected chi connectivity index (χ1v) is 2.71. The summed E-state index contributed by atoms with van der Waals surface area (Å²) in [5.41, 5.74) is 0. The molecular weight excluding hydrogens is 117 g/mol. The molecule has 41 valence electrons. The van der Waals surface area contributed by atoms with Gasteiger partial charge in [0.2, 0.25) is 0 Å². The Bertz CT molecular complexity index is 16.1. The van der Waals surface area contributed by atoms with Gasteiger partial charge in [0.1, 0.15) is 0 Å². The second kappa shape index (κ2) is 9.98. The van der Waals surface area contributed by atoms with E-state index in [1.165, 1.54) is 19.3 Å². The van der Waals surface area contributed by atoms with Crippen LogP contribution in [0.4, 0.5) is 0 Å². The van der Waals surface area contributed by atoms with Crippen LogP contribution in [0.15, 0.2) is 0 Å². The molecule has 0 rings (SSSR count). The van der Waals surface area contributed by atoms with Gasteiger partial charge in [0.25, 0.3) is 0 Å². The molecule has 0 aromatic heterocycles. The van der Waals surface area contributed by atoms with Crippen molar-refractivity contribution >= 4 is 0 Å². The smallest absolute Gasteiger partial charge is 0 e. The fourth-order valence-corrected chi connectivity index (χ4v) is 0.427. The van der Waals surface area contributed by atoms with E-state index in [9.17, 15) is 0 Å². The number of unbranched alkanes of at least 4 members (excludes halogenated alkanes) is 3. The van der Waals surface area contributed by atoms with Crippen LogP contribution in [0.1, 0.15) is 32.6 Å². The molecule has 0 aliphatic heterocycles. The quantitative estimate of drug-likeness (QED) is 0.406. The van der Waals surface area contributed by atoms with Crippen molar-refractivity contribution in [1.82, 2.24) is 0 Å². The minimum absolute atomic E-state index is 0. The topological polar surface area (TPSA) is 0 Å². The molecule has 0 bridgehead atoms. The van der Waals surface area contributed by atoms with E-state index in [0.717, 1.165) is 6.42 Å². The minimum atomic E-state index is 0. The van der Waals surface area contributed by atoms with Gasteiger partial charge in [0.15, 0.2) is 0 Å². The maximum Gasteiger partial charge on any atom is 0 e. The average Bonchev–Trinajstić information content (AvgIpc) is 1.61. The summed E-state index contributed by atoms with van der Waals surface area (Å²) in [6, 6.07) is 0. The van der Waals surface area contributed by atoms with Crippen molar-refractivity contribution in [1.29, 1.82) is 0 Å². The Morgan fingerprint density at radius 3 is 2.00 bits per heavy atom. The van der Waals surface area contributed by atoms with E-state index in [1.54, 1.807) is 0 Å². The molecule has 7 heavy (non-hydrogen) atoms. The van der Waals surface area contributed by atoms with Gasteiger partial charge < -0.3 is 6.92 Å². The largest absolute Gasteiger partial charge is 0.343 e. The minimum Gasteiger partial charge on any atom is -0.343 e. The fraction of sp³-hybridized carbons (Fsp3) is 0.833. The third-order valence-electron chi connectivity index (χ3n) is 0.854. The normalized spacial score (nSPS) is 7.71. The SMILES string of the molecule is [CH2-]CCCCC.[Sc]. The number of hydrogen-bond donors (Lipinski definition) is 0. The van der Waals surface area contributed by atoms with Crippen LogP contribution in [0.3, 0.4) is 0 Å². The van der Waals surface area contributed by atoms with Crippen LogP contribution < -0.4 is 0 Å². The summed E-state index contributed by atoms with van der Waals surface area (Å²) in [4.78, 5) is 0. The van der Waals surface area contributed by atoms with E-state index < -0.39 is 0 Å². The van der Waals surface area contributed by atoms with Crippen molar-refractivity contribution in [3.8, 4) is 0 Å². The fourth-order valence-electron chi connectivity index (χ4n) is 0.427. The monoisotopic (exact) mass is 130 g/mol. The van der Waals surface area contributed by atoms with Crippen LogP contribution >= 0.6 is 0 Å². The standard InChI is InChI=1S/C6H13.Sc/c1-3-5-6-4-2;/h1,3-6H2,2H3;/q-1;. The summed E-state index contributed by atoms with van der Waals surface area (Å²) in [6.07, 6.45) is 5.07. The zero-order valence-corrected chi connectivity index (χ0v) is 6.92. The van der Waals surface area contributed by atoms with E-state index in [0.29, 0.717) is 0 Å². The average molecular weight is 130 g/mol. The molecule has 0 aromatic rings. The van der Waals surface area contributed by atoms with Gasteiger partial charge in [-0.15, -0.1) is 0 Å². The Kier molecular flexibility index (Phi) is 15.4. The molecule has 0 atom stereocenters. The Morgan fingerprint density at radius 1 is 1.29 bits per heavy atom. The summed E-state index contributed by atoms with van der Waals surface area (Å²) < 4.78 is 0. The third kappa shape index (κ3) is 10.9. The van der Waals surface area contributed by atoms with Crippen LogP contribution in [-0.4, -0.2) is 0 Å². The van der Waals surface area contributed by atoms with Crippen molar-refractivity contribution < 1.29 is 25.8 Å². The van der Waals surface area contributed by atoms with Crippen LogP contribution in [0.2, 0.25) is 0 Å². The number of rotatable bonds is 3. The van der Waals surface area contributed by atoms with Gasteiger partial charge in [0.05, 0.1) is 0 Å². The Morgan fingerprint density at radius 2 is 1.86 bits per heavy atom. The predicted molar refractivity (Wildman–Crippen MR) is 29.5 cm³/mol. The molecule has 1 radical (unpaired) electrons. The van der Waals surface area contributed by atoms with Crippen LogP contribution in [-0.2, 0) is 25.8 Å². The molecule has 0 aliphatic rings. The van der Waals surface area contributed by atoms with Gasteiger partial charge in [-0.3, -0.25) is 0 Å². The maximum atomic E-state index is 3.72. The van der Waals surface area contributed by atoms with Crippen molar-refractivity contribution in [3.63, 3.8) is 0 Å². The number of hydrogen-bond acceptors (Lipinski definition) is 0. The van der Waals surface area contributed by atoms with E-state index in [1.807, 2.05) is 0 Å². The zero-order chi connectivity index (χ0) is 4.83. The predicted octanol–water partition coefficient (Wildman–Crippen LogP) is 2.40. The van der Waals surface area contributed by atoms with Crippen molar-refractivity contribution in [3.05, 3.63) is 6.92 Å². The molecule has 0 spiro atoms. The maximum absolute atomic E-state index is 3.72. The van der Waals surface area contributed by atoms with Gasteiger partial charge in [-0.2, -0.15) is 6.42 Å². The molecule has 0 amide bonds. The summed E-state index contributed by atoms with van der Waals surface area (Å²) in [6.45, 7) is 5.93. The summed E-state index contributed by atoms with van der Waals surface area (Å²) >= 11 is 0. The van der Waals surface area contributed by atoms with Gasteiger partial charge in [-0.05, 0) is 0 Å². The molecule has 0 heterocycles. The molecule has 0 aliphatic carbocycles. The first-order valence-electron chi connectivity index (χ1n) is 2.71. The van der Waals surface area contributed by atoms with Crippen LogP contribution in [0.5, 0.6) is 0 Å². The van der Waals surface area contributed by atoms with E-state index in [4.69, 9.17) is 0 Å². The zero-order valence-electron chi connectivity index (χ0n) is 5.11. The molecule has 0 unspecified atom stereocenters. The van der Waals surface area contributed by atoms with E-state index in [2.05, 4.69) is 13.8 Å². The summed E-state index contributed by atoms with van der Waals surface area (Å²) in [5, 5.41) is 0. The second-order valence-corrected chi connectivity index (χ2v) is 1.56. The van der Waals surface area contributed by atoms with Gasteiger partial charge >= 0.3 is 0 Å². The molecule has 1 heteroatoms. The molecule has 0 fully saturated rings.